The van der Waals surface area contributed by atoms with Crippen molar-refractivity contribution in [3.63, 3.8) is 0 Å². The smallest absolute Gasteiger partial charge is 0.270 e. The monoisotopic (exact) mass is 431 g/mol. The molecule has 9 heteroatoms. The predicted molar refractivity (Wildman–Crippen MR) is 114 cm³/mol. The molecule has 30 heavy (non-hydrogen) atoms. The van der Waals surface area contributed by atoms with Gasteiger partial charge in [0.25, 0.3) is 15.8 Å². The first kappa shape index (κ1) is 21.7. The molecule has 2 aromatic rings. The zero-order chi connectivity index (χ0) is 22.1. The molecule has 3 rings (SSSR count). The Balaban J connectivity index is 2.04. The number of allylic oxidation sites excluding steroid dienone is 1. The van der Waals surface area contributed by atoms with E-state index < -0.39 is 20.5 Å². The van der Waals surface area contributed by atoms with E-state index in [4.69, 9.17) is 4.55 Å². The Kier molecular flexibility index (Phi) is 5.78. The summed E-state index contributed by atoms with van der Waals surface area (Å²) in [5, 5.41) is 21.1. The van der Waals surface area contributed by atoms with Gasteiger partial charge < -0.3 is 5.11 Å². The van der Waals surface area contributed by atoms with Gasteiger partial charge >= 0.3 is 0 Å². The van der Waals surface area contributed by atoms with Gasteiger partial charge in [0.05, 0.1) is 16.1 Å². The second kappa shape index (κ2) is 8.00. The van der Waals surface area contributed by atoms with Crippen LogP contribution in [0.1, 0.15) is 31.4 Å². The van der Waals surface area contributed by atoms with E-state index in [0.717, 1.165) is 17.0 Å². The van der Waals surface area contributed by atoms with E-state index in [1.807, 2.05) is 42.7 Å². The zero-order valence-corrected chi connectivity index (χ0v) is 17.5. The number of hydrogen-bond acceptors (Lipinski definition) is 5. The highest BCUT2D eigenvalue weighted by atomic mass is 32.2. The van der Waals surface area contributed by atoms with E-state index in [-0.39, 0.29) is 23.6 Å². The SMILES string of the molecule is CC1(C)C(/C=C/c2cc([N+](=O)[O-])ccc2O)=[N+](CCCS(=O)(=O)O)c2ccccc21. The molecule has 1 heterocycles. The van der Waals surface area contributed by atoms with Crippen molar-refractivity contribution in [3.8, 4) is 5.75 Å². The van der Waals surface area contributed by atoms with Gasteiger partial charge in [0.15, 0.2) is 5.71 Å². The summed E-state index contributed by atoms with van der Waals surface area (Å²) in [7, 11) is -4.06. The second-order valence-corrected chi connectivity index (χ2v) is 9.22. The van der Waals surface area contributed by atoms with E-state index in [2.05, 4.69) is 0 Å². The van der Waals surface area contributed by atoms with Crippen molar-refractivity contribution < 1.29 is 27.6 Å². The standard InChI is InChI=1S/C21H22N2O6S/c1-21(2)17-6-3-4-7-18(17)22(12-5-13-30(27,28)29)20(21)11-8-15-14-16(23(25)26)9-10-19(15)24/h3-4,6-11,14H,5,12-13H2,1-2H3,(H,27,28,29)/p+1. The molecule has 0 aliphatic carbocycles. The number of para-hydroxylation sites is 1. The highest BCUT2D eigenvalue weighted by Gasteiger charge is 2.43. The normalized spacial score (nSPS) is 15.6. The number of phenolic OH excluding ortho intramolecular Hbond substituents is 1. The van der Waals surface area contributed by atoms with Gasteiger partial charge in [0, 0.05) is 41.8 Å². The number of nitro benzene ring substituents is 1. The van der Waals surface area contributed by atoms with Gasteiger partial charge in [0.2, 0.25) is 5.69 Å². The summed E-state index contributed by atoms with van der Waals surface area (Å²) in [5.41, 5.74) is 2.60. The maximum Gasteiger partial charge on any atom is 0.270 e. The minimum absolute atomic E-state index is 0.0799. The zero-order valence-electron chi connectivity index (χ0n) is 16.6. The summed E-state index contributed by atoms with van der Waals surface area (Å²) in [6, 6.07) is 11.6. The van der Waals surface area contributed by atoms with E-state index in [0.29, 0.717) is 12.1 Å². The number of non-ortho nitro benzene ring substituents is 1. The lowest BCUT2D eigenvalue weighted by atomic mass is 9.81. The summed E-state index contributed by atoms with van der Waals surface area (Å²) >= 11 is 0. The molecule has 1 aliphatic rings. The largest absolute Gasteiger partial charge is 0.507 e. The fourth-order valence-corrected chi connectivity index (χ4v) is 4.24. The van der Waals surface area contributed by atoms with Crippen molar-refractivity contribution in [1.82, 2.24) is 0 Å². The Morgan fingerprint density at radius 2 is 1.87 bits per heavy atom. The molecular formula is C21H23N2O6S+. The number of aromatic hydroxyl groups is 1. The average molecular weight is 431 g/mol. The quantitative estimate of drug-likeness (QED) is 0.299. The number of hydrogen-bond donors (Lipinski definition) is 2. The van der Waals surface area contributed by atoms with E-state index in [1.165, 1.54) is 18.2 Å². The van der Waals surface area contributed by atoms with Gasteiger partial charge in [-0.25, -0.2) is 0 Å². The van der Waals surface area contributed by atoms with E-state index >= 15 is 0 Å². The van der Waals surface area contributed by atoms with Crippen LogP contribution in [0.15, 0.2) is 48.5 Å². The van der Waals surface area contributed by atoms with Crippen LogP contribution in [0.3, 0.4) is 0 Å². The van der Waals surface area contributed by atoms with Crippen molar-refractivity contribution in [2.45, 2.75) is 25.7 Å². The highest BCUT2D eigenvalue weighted by molar-refractivity contribution is 7.85. The minimum Gasteiger partial charge on any atom is -0.507 e. The molecule has 158 valence electrons. The summed E-state index contributed by atoms with van der Waals surface area (Å²) in [6.45, 7) is 4.42. The summed E-state index contributed by atoms with van der Waals surface area (Å²) in [5.74, 6) is -0.432. The van der Waals surface area contributed by atoms with E-state index in [1.54, 1.807) is 12.2 Å². The maximum absolute atomic E-state index is 11.1. The third-order valence-electron chi connectivity index (χ3n) is 5.23. The van der Waals surface area contributed by atoms with Crippen LogP contribution in [0.25, 0.3) is 6.08 Å². The molecule has 0 fully saturated rings. The summed E-state index contributed by atoms with van der Waals surface area (Å²) in [6.07, 6.45) is 3.62. The van der Waals surface area contributed by atoms with Gasteiger partial charge in [-0.15, -0.1) is 0 Å². The number of phenols is 1. The minimum atomic E-state index is -4.06. The Labute approximate surface area is 174 Å². The molecule has 0 saturated carbocycles. The van der Waals surface area contributed by atoms with Crippen molar-refractivity contribution in [3.05, 3.63) is 69.8 Å². The molecule has 8 nitrogen and oxygen atoms in total. The fraction of sp³-hybridized carbons (Fsp3) is 0.286. The molecule has 2 aromatic carbocycles. The lowest BCUT2D eigenvalue weighted by Crippen LogP contribution is -2.28. The van der Waals surface area contributed by atoms with Gasteiger partial charge in [-0.3, -0.25) is 14.7 Å². The van der Waals surface area contributed by atoms with Crippen molar-refractivity contribution in [2.75, 3.05) is 12.3 Å². The first-order chi connectivity index (χ1) is 14.0. The van der Waals surface area contributed by atoms with Crippen LogP contribution in [-0.4, -0.2) is 45.6 Å². The molecule has 1 aliphatic heterocycles. The van der Waals surface area contributed by atoms with Crippen molar-refractivity contribution in [1.29, 1.82) is 0 Å². The topological polar surface area (TPSA) is 121 Å². The van der Waals surface area contributed by atoms with Gasteiger partial charge in [0.1, 0.15) is 12.3 Å². The van der Waals surface area contributed by atoms with Crippen LogP contribution < -0.4 is 0 Å². The van der Waals surface area contributed by atoms with Gasteiger partial charge in [-0.2, -0.15) is 13.0 Å². The first-order valence-electron chi connectivity index (χ1n) is 9.36. The number of nitrogens with zero attached hydrogens (tertiary/aromatic N) is 2. The maximum atomic E-state index is 11.1. The van der Waals surface area contributed by atoms with E-state index in [9.17, 15) is 23.6 Å². The predicted octanol–water partition coefficient (Wildman–Crippen LogP) is 3.67. The second-order valence-electron chi connectivity index (χ2n) is 7.65. The summed E-state index contributed by atoms with van der Waals surface area (Å²) in [4.78, 5) is 10.5. The van der Waals surface area contributed by atoms with Gasteiger partial charge in [-0.05, 0) is 26.0 Å². The molecule has 0 saturated heterocycles. The molecule has 0 unspecified atom stereocenters. The fourth-order valence-electron chi connectivity index (χ4n) is 3.74. The Morgan fingerprint density at radius 3 is 2.53 bits per heavy atom. The van der Waals surface area contributed by atoms with Crippen LogP contribution >= 0.6 is 0 Å². The molecule has 0 radical (unpaired) electrons. The molecule has 2 N–H and O–H groups in total. The molecule has 0 bridgehead atoms. The Bertz CT molecular complexity index is 1170. The molecule has 0 atom stereocenters. The highest BCUT2D eigenvalue weighted by Crippen LogP contribution is 2.40. The molecular weight excluding hydrogens is 408 g/mol. The van der Waals surface area contributed by atoms with Crippen molar-refractivity contribution >= 4 is 33.3 Å². The van der Waals surface area contributed by atoms with Crippen LogP contribution in [0.2, 0.25) is 0 Å². The first-order valence-corrected chi connectivity index (χ1v) is 11.0. The summed E-state index contributed by atoms with van der Waals surface area (Å²) < 4.78 is 33.3. The Morgan fingerprint density at radius 1 is 1.17 bits per heavy atom. The van der Waals surface area contributed by atoms with Crippen LogP contribution in [-0.2, 0) is 15.5 Å². The molecule has 0 spiro atoms. The van der Waals surface area contributed by atoms with Gasteiger partial charge in [-0.1, -0.05) is 18.2 Å². The third-order valence-corrected chi connectivity index (χ3v) is 6.03. The van der Waals surface area contributed by atoms with Crippen LogP contribution in [0.5, 0.6) is 5.75 Å². The average Bonchev–Trinajstić information content (AvgIpc) is 2.87. The number of benzene rings is 2. The number of fused-ring (bicyclic) bond motifs is 1. The number of rotatable bonds is 7. The van der Waals surface area contributed by atoms with Crippen LogP contribution in [0, 0.1) is 10.1 Å². The van der Waals surface area contributed by atoms with Crippen molar-refractivity contribution in [2.24, 2.45) is 0 Å². The lowest BCUT2D eigenvalue weighted by molar-refractivity contribution is -0.437. The number of nitro groups is 1. The molecule has 0 amide bonds. The Hall–Kier alpha value is -3.04. The van der Waals surface area contributed by atoms with Crippen LogP contribution in [0.4, 0.5) is 11.4 Å². The lowest BCUT2D eigenvalue weighted by Gasteiger charge is -2.15. The third kappa shape index (κ3) is 4.42. The molecule has 0 aromatic heterocycles.